The maximum absolute atomic E-state index is 11.8. The van der Waals surface area contributed by atoms with Crippen molar-refractivity contribution in [3.05, 3.63) is 17.9 Å². The monoisotopic (exact) mass is 244 g/mol. The summed E-state index contributed by atoms with van der Waals surface area (Å²) in [7, 11) is -1.24. The smallest absolute Gasteiger partial charge is 0.371 e. The first-order valence-corrected chi connectivity index (χ1v) is 6.61. The van der Waals surface area contributed by atoms with E-state index in [4.69, 9.17) is 9.52 Å². The predicted octanol–water partition coefficient (Wildman–Crippen LogP) is 2.52. The molecule has 0 aliphatic heterocycles. The normalized spacial score (nSPS) is 12.9. The van der Waals surface area contributed by atoms with Gasteiger partial charge in [-0.05, 0) is 18.1 Å². The highest BCUT2D eigenvalue weighted by atomic mass is 32.2. The topological polar surface area (TPSA) is 67.5 Å². The minimum Gasteiger partial charge on any atom is -0.475 e. The van der Waals surface area contributed by atoms with Crippen molar-refractivity contribution in [1.29, 1.82) is 0 Å². The third-order valence-electron chi connectivity index (χ3n) is 2.56. The van der Waals surface area contributed by atoms with Crippen molar-refractivity contribution in [2.75, 3.05) is 5.75 Å². The van der Waals surface area contributed by atoms with Crippen LogP contribution < -0.4 is 0 Å². The van der Waals surface area contributed by atoms with Crippen molar-refractivity contribution >= 4 is 16.8 Å². The van der Waals surface area contributed by atoms with Crippen molar-refractivity contribution in [3.63, 3.8) is 0 Å². The fourth-order valence-corrected chi connectivity index (χ4v) is 2.84. The minimum absolute atomic E-state index is 0.159. The molecule has 1 heterocycles. The summed E-state index contributed by atoms with van der Waals surface area (Å²) >= 11 is 0. The molecule has 4 nitrogen and oxygen atoms in total. The maximum atomic E-state index is 11.8. The van der Waals surface area contributed by atoms with Gasteiger partial charge in [0.25, 0.3) is 0 Å². The Kier molecular flexibility index (Phi) is 4.73. The maximum Gasteiger partial charge on any atom is 0.371 e. The lowest BCUT2D eigenvalue weighted by Crippen LogP contribution is -2.09. The summed E-state index contributed by atoms with van der Waals surface area (Å²) in [6, 6.07) is 2.81. The van der Waals surface area contributed by atoms with Gasteiger partial charge in [-0.1, -0.05) is 26.7 Å². The Balaban J connectivity index is 2.69. The largest absolute Gasteiger partial charge is 0.475 e. The van der Waals surface area contributed by atoms with Crippen LogP contribution in [0.3, 0.4) is 0 Å². The molecule has 1 aromatic rings. The molecule has 0 aliphatic carbocycles. The van der Waals surface area contributed by atoms with E-state index in [1.165, 1.54) is 12.1 Å². The van der Waals surface area contributed by atoms with Crippen LogP contribution in [-0.4, -0.2) is 21.0 Å². The predicted molar refractivity (Wildman–Crippen MR) is 61.0 cm³/mol. The standard InChI is InChI=1S/C11H16O4S/c1-3-8(4-2)7-16(14)10-6-5-9(15-10)11(12)13/h5-6,8H,3-4,7H2,1-2H3,(H,12,13). The second-order valence-corrected chi connectivity index (χ2v) is 5.05. The van der Waals surface area contributed by atoms with E-state index in [1.54, 1.807) is 0 Å². The Hall–Kier alpha value is -1.10. The highest BCUT2D eigenvalue weighted by molar-refractivity contribution is 7.84. The molecule has 1 unspecified atom stereocenters. The fraction of sp³-hybridized carbons (Fsp3) is 0.545. The molecule has 0 saturated carbocycles. The molecule has 0 radical (unpaired) electrons. The average Bonchev–Trinajstić information content (AvgIpc) is 2.74. The van der Waals surface area contributed by atoms with Crippen molar-refractivity contribution in [2.45, 2.75) is 31.8 Å². The minimum atomic E-state index is -1.24. The highest BCUT2D eigenvalue weighted by Gasteiger charge is 2.16. The lowest BCUT2D eigenvalue weighted by atomic mass is 10.1. The third kappa shape index (κ3) is 3.20. The average molecular weight is 244 g/mol. The van der Waals surface area contributed by atoms with E-state index in [1.807, 2.05) is 0 Å². The summed E-state index contributed by atoms with van der Waals surface area (Å²) in [5.74, 6) is -0.377. The molecule has 0 spiro atoms. The molecule has 1 rings (SSSR count). The summed E-state index contributed by atoms with van der Waals surface area (Å²) in [4.78, 5) is 10.6. The van der Waals surface area contributed by atoms with Gasteiger partial charge in [-0.25, -0.2) is 4.79 Å². The van der Waals surface area contributed by atoms with Crippen molar-refractivity contribution < 1.29 is 18.5 Å². The Morgan fingerprint density at radius 1 is 1.44 bits per heavy atom. The van der Waals surface area contributed by atoms with Crippen molar-refractivity contribution in [2.24, 2.45) is 5.92 Å². The first-order valence-electron chi connectivity index (χ1n) is 5.30. The fourth-order valence-electron chi connectivity index (χ4n) is 1.38. The van der Waals surface area contributed by atoms with Crippen LogP contribution in [-0.2, 0) is 10.8 Å². The zero-order valence-corrected chi connectivity index (χ0v) is 10.3. The van der Waals surface area contributed by atoms with E-state index in [-0.39, 0.29) is 10.9 Å². The molecule has 16 heavy (non-hydrogen) atoms. The van der Waals surface area contributed by atoms with Crippen LogP contribution in [0.15, 0.2) is 21.6 Å². The quantitative estimate of drug-likeness (QED) is 0.835. The SMILES string of the molecule is CCC(CC)CS(=O)c1ccc(C(=O)O)o1. The number of carbonyl (C=O) groups is 1. The van der Waals surface area contributed by atoms with Crippen LogP contribution in [0.5, 0.6) is 0 Å². The van der Waals surface area contributed by atoms with E-state index in [9.17, 15) is 9.00 Å². The first-order chi connectivity index (χ1) is 7.58. The summed E-state index contributed by atoms with van der Waals surface area (Å²) < 4.78 is 16.8. The van der Waals surface area contributed by atoms with E-state index < -0.39 is 16.8 Å². The van der Waals surface area contributed by atoms with Crippen molar-refractivity contribution in [1.82, 2.24) is 0 Å². The molecule has 0 saturated heterocycles. The number of carboxylic acids is 1. The molecular weight excluding hydrogens is 228 g/mol. The zero-order valence-electron chi connectivity index (χ0n) is 9.43. The lowest BCUT2D eigenvalue weighted by molar-refractivity contribution is 0.0656. The van der Waals surface area contributed by atoms with Crippen LogP contribution in [0.1, 0.15) is 37.2 Å². The van der Waals surface area contributed by atoms with Gasteiger partial charge in [0.2, 0.25) is 5.76 Å². The lowest BCUT2D eigenvalue weighted by Gasteiger charge is -2.09. The molecule has 0 aromatic carbocycles. The number of rotatable bonds is 6. The molecular formula is C11H16O4S. The van der Waals surface area contributed by atoms with Gasteiger partial charge in [0, 0.05) is 5.75 Å². The van der Waals surface area contributed by atoms with Crippen molar-refractivity contribution in [3.8, 4) is 0 Å². The second kappa shape index (κ2) is 5.84. The summed E-state index contributed by atoms with van der Waals surface area (Å²) in [5.41, 5.74) is 0. The van der Waals surface area contributed by atoms with Crippen LogP contribution in [0.2, 0.25) is 0 Å². The number of hydrogen-bond acceptors (Lipinski definition) is 3. The first kappa shape index (κ1) is 13.0. The molecule has 0 aliphatic rings. The van der Waals surface area contributed by atoms with Gasteiger partial charge in [0.15, 0.2) is 5.09 Å². The van der Waals surface area contributed by atoms with Gasteiger partial charge < -0.3 is 9.52 Å². The molecule has 0 bridgehead atoms. The molecule has 90 valence electrons. The summed E-state index contributed by atoms with van der Waals surface area (Å²) in [5, 5.41) is 8.92. The van der Waals surface area contributed by atoms with Gasteiger partial charge >= 0.3 is 5.97 Å². The van der Waals surface area contributed by atoms with Gasteiger partial charge in [-0.15, -0.1) is 0 Å². The summed E-state index contributed by atoms with van der Waals surface area (Å²) in [6.07, 6.45) is 1.93. The van der Waals surface area contributed by atoms with Gasteiger partial charge in [-0.2, -0.15) is 0 Å². The zero-order chi connectivity index (χ0) is 12.1. The number of furan rings is 1. The molecule has 0 fully saturated rings. The number of carboxylic acid groups (broad SMARTS) is 1. The highest BCUT2D eigenvalue weighted by Crippen LogP contribution is 2.17. The number of aromatic carboxylic acids is 1. The van der Waals surface area contributed by atoms with Gasteiger partial charge in [0.1, 0.15) is 0 Å². The van der Waals surface area contributed by atoms with Gasteiger partial charge in [-0.3, -0.25) is 4.21 Å². The Morgan fingerprint density at radius 3 is 2.50 bits per heavy atom. The van der Waals surface area contributed by atoms with E-state index in [0.29, 0.717) is 11.7 Å². The Bertz CT molecular complexity index is 379. The molecule has 5 heteroatoms. The second-order valence-electron chi connectivity index (χ2n) is 3.62. The molecule has 1 N–H and O–H groups in total. The third-order valence-corrected chi connectivity index (χ3v) is 4.00. The Labute approximate surface area is 97.1 Å². The van der Waals surface area contributed by atoms with Crippen LogP contribution >= 0.6 is 0 Å². The molecule has 0 amide bonds. The molecule has 1 atom stereocenters. The van der Waals surface area contributed by atoms with Crippen LogP contribution in [0.4, 0.5) is 0 Å². The van der Waals surface area contributed by atoms with Crippen LogP contribution in [0.25, 0.3) is 0 Å². The summed E-state index contributed by atoms with van der Waals surface area (Å²) in [6.45, 7) is 4.10. The van der Waals surface area contributed by atoms with E-state index >= 15 is 0 Å². The van der Waals surface area contributed by atoms with Crippen LogP contribution in [0, 0.1) is 5.92 Å². The molecule has 1 aromatic heterocycles. The Morgan fingerprint density at radius 2 is 2.06 bits per heavy atom. The van der Waals surface area contributed by atoms with E-state index in [0.717, 1.165) is 12.8 Å². The number of hydrogen-bond donors (Lipinski definition) is 1. The van der Waals surface area contributed by atoms with E-state index in [2.05, 4.69) is 13.8 Å². The van der Waals surface area contributed by atoms with Gasteiger partial charge in [0.05, 0.1) is 10.8 Å².